The van der Waals surface area contributed by atoms with Crippen molar-refractivity contribution in [2.45, 2.75) is 18.3 Å². The lowest BCUT2D eigenvalue weighted by Gasteiger charge is -2.22. The first-order chi connectivity index (χ1) is 11.3. The van der Waals surface area contributed by atoms with Crippen molar-refractivity contribution in [1.82, 2.24) is 4.98 Å². The predicted octanol–water partition coefficient (Wildman–Crippen LogP) is 3.59. The fourth-order valence-corrected chi connectivity index (χ4v) is 2.48. The lowest BCUT2D eigenvalue weighted by Crippen LogP contribution is -2.16. The summed E-state index contributed by atoms with van der Waals surface area (Å²) >= 11 is 0. The van der Waals surface area contributed by atoms with Gasteiger partial charge in [0.1, 0.15) is 6.61 Å². The third-order valence-electron chi connectivity index (χ3n) is 3.56. The molecule has 2 unspecified atom stereocenters. The molecule has 0 bridgehead atoms. The van der Waals surface area contributed by atoms with Crippen LogP contribution in [-0.2, 0) is 9.53 Å². The normalized spacial score (nSPS) is 12.7. The molecule has 4 heteroatoms. The molecule has 0 spiro atoms. The molecular formula is C19H18N2O2. The minimum atomic E-state index is -0.470. The smallest absolute Gasteiger partial charge is 0.306 e. The first-order valence-electron chi connectivity index (χ1n) is 7.37. The Hall–Kier alpha value is -2.93. The van der Waals surface area contributed by atoms with Crippen LogP contribution in [0.1, 0.15) is 29.4 Å². The van der Waals surface area contributed by atoms with Crippen LogP contribution in [0.5, 0.6) is 0 Å². The van der Waals surface area contributed by atoms with Gasteiger partial charge < -0.3 is 4.74 Å². The van der Waals surface area contributed by atoms with E-state index in [1.165, 1.54) is 6.08 Å². The first-order valence-corrected chi connectivity index (χ1v) is 7.37. The summed E-state index contributed by atoms with van der Waals surface area (Å²) < 4.78 is 5.09. The molecule has 116 valence electrons. The minimum Gasteiger partial charge on any atom is -0.461 e. The lowest BCUT2D eigenvalue weighted by atomic mass is 9.81. The third kappa shape index (κ3) is 4.52. The third-order valence-corrected chi connectivity index (χ3v) is 3.56. The maximum atomic E-state index is 12.0. The Balaban J connectivity index is 2.31. The van der Waals surface area contributed by atoms with Crippen LogP contribution in [0.3, 0.4) is 0 Å². The Morgan fingerprint density at radius 2 is 2.00 bits per heavy atom. The monoisotopic (exact) mass is 306 g/mol. The van der Waals surface area contributed by atoms with Crippen molar-refractivity contribution >= 4 is 5.97 Å². The highest BCUT2D eigenvalue weighted by molar-refractivity contribution is 5.71. The molecular weight excluding hydrogens is 288 g/mol. The molecule has 0 radical (unpaired) electrons. The van der Waals surface area contributed by atoms with E-state index in [1.807, 2.05) is 36.4 Å². The van der Waals surface area contributed by atoms with Crippen molar-refractivity contribution in [2.24, 2.45) is 0 Å². The van der Waals surface area contributed by atoms with E-state index in [4.69, 9.17) is 4.74 Å². The summed E-state index contributed by atoms with van der Waals surface area (Å²) in [4.78, 5) is 16.1. The van der Waals surface area contributed by atoms with Crippen LogP contribution in [0.2, 0.25) is 0 Å². The standard InChI is InChI=1S/C19H18N2O2/c1-2-11-23-19(22)12-17(15-7-4-3-5-8-15)18(13-20)16-9-6-10-21-14-16/h2-10,14,17-18H,1,11-12H2. The maximum absolute atomic E-state index is 12.0. The maximum Gasteiger partial charge on any atom is 0.306 e. The van der Waals surface area contributed by atoms with Crippen LogP contribution in [0.15, 0.2) is 67.5 Å². The van der Waals surface area contributed by atoms with E-state index in [-0.39, 0.29) is 24.9 Å². The van der Waals surface area contributed by atoms with E-state index < -0.39 is 5.92 Å². The number of benzene rings is 1. The highest BCUT2D eigenvalue weighted by Gasteiger charge is 2.27. The number of nitrogens with zero attached hydrogens (tertiary/aromatic N) is 2. The van der Waals surface area contributed by atoms with Gasteiger partial charge in [-0.05, 0) is 17.2 Å². The number of ether oxygens (including phenoxy) is 1. The second-order valence-corrected chi connectivity index (χ2v) is 5.09. The summed E-state index contributed by atoms with van der Waals surface area (Å²) in [7, 11) is 0. The molecule has 0 aliphatic heterocycles. The molecule has 0 fully saturated rings. The summed E-state index contributed by atoms with van der Waals surface area (Å²) in [6.07, 6.45) is 4.98. The quantitative estimate of drug-likeness (QED) is 0.579. The number of esters is 1. The Morgan fingerprint density at radius 3 is 2.61 bits per heavy atom. The van der Waals surface area contributed by atoms with Crippen LogP contribution in [0.4, 0.5) is 0 Å². The van der Waals surface area contributed by atoms with Crippen molar-refractivity contribution in [3.63, 3.8) is 0 Å². The van der Waals surface area contributed by atoms with Crippen LogP contribution in [0, 0.1) is 11.3 Å². The van der Waals surface area contributed by atoms with Gasteiger partial charge in [-0.2, -0.15) is 5.26 Å². The summed E-state index contributed by atoms with van der Waals surface area (Å²) in [5.41, 5.74) is 1.72. The molecule has 0 saturated carbocycles. The fraction of sp³-hybridized carbons (Fsp3) is 0.211. The molecule has 0 amide bonds. The zero-order valence-corrected chi connectivity index (χ0v) is 12.8. The SMILES string of the molecule is C=CCOC(=O)CC(c1ccccc1)C(C#N)c1cccnc1. The molecule has 2 rings (SSSR count). The van der Waals surface area contributed by atoms with Crippen molar-refractivity contribution in [2.75, 3.05) is 6.61 Å². The zero-order chi connectivity index (χ0) is 16.5. The van der Waals surface area contributed by atoms with Crippen molar-refractivity contribution in [3.05, 3.63) is 78.6 Å². The first kappa shape index (κ1) is 16.4. The van der Waals surface area contributed by atoms with Gasteiger partial charge in [0.15, 0.2) is 0 Å². The molecule has 2 aromatic rings. The second-order valence-electron chi connectivity index (χ2n) is 5.09. The van der Waals surface area contributed by atoms with Crippen molar-refractivity contribution in [1.29, 1.82) is 5.26 Å². The average molecular weight is 306 g/mol. The Kier molecular flexibility index (Phi) is 6.07. The fourth-order valence-electron chi connectivity index (χ4n) is 2.48. The minimum absolute atomic E-state index is 0.130. The zero-order valence-electron chi connectivity index (χ0n) is 12.8. The highest BCUT2D eigenvalue weighted by atomic mass is 16.5. The van der Waals surface area contributed by atoms with Crippen LogP contribution in [0.25, 0.3) is 0 Å². The van der Waals surface area contributed by atoms with Gasteiger partial charge >= 0.3 is 5.97 Å². The summed E-state index contributed by atoms with van der Waals surface area (Å²) in [5, 5.41) is 9.65. The van der Waals surface area contributed by atoms with E-state index in [2.05, 4.69) is 17.6 Å². The van der Waals surface area contributed by atoms with Crippen molar-refractivity contribution in [3.8, 4) is 6.07 Å². The average Bonchev–Trinajstić information content (AvgIpc) is 2.61. The van der Waals surface area contributed by atoms with E-state index in [0.29, 0.717) is 0 Å². The molecule has 0 N–H and O–H groups in total. The summed E-state index contributed by atoms with van der Waals surface area (Å²) in [6, 6.07) is 15.5. The van der Waals surface area contributed by atoms with E-state index in [9.17, 15) is 10.1 Å². The van der Waals surface area contributed by atoms with Gasteiger partial charge in [-0.1, -0.05) is 49.1 Å². The molecule has 4 nitrogen and oxygen atoms in total. The predicted molar refractivity (Wildman–Crippen MR) is 87.5 cm³/mol. The Bertz CT molecular complexity index is 678. The Morgan fingerprint density at radius 1 is 1.26 bits per heavy atom. The van der Waals surface area contributed by atoms with Gasteiger partial charge in [-0.15, -0.1) is 0 Å². The lowest BCUT2D eigenvalue weighted by molar-refractivity contribution is -0.142. The topological polar surface area (TPSA) is 63.0 Å². The number of carbonyl (C=O) groups is 1. The molecule has 0 saturated heterocycles. The molecule has 1 aromatic carbocycles. The Labute approximate surface area is 136 Å². The molecule has 23 heavy (non-hydrogen) atoms. The molecule has 1 heterocycles. The van der Waals surface area contributed by atoms with E-state index in [0.717, 1.165) is 11.1 Å². The number of hydrogen-bond acceptors (Lipinski definition) is 4. The number of rotatable bonds is 7. The van der Waals surface area contributed by atoms with Gasteiger partial charge in [0.2, 0.25) is 0 Å². The molecule has 0 aliphatic rings. The number of aromatic nitrogens is 1. The number of hydrogen-bond donors (Lipinski definition) is 0. The summed E-state index contributed by atoms with van der Waals surface area (Å²) in [5.74, 6) is -1.10. The van der Waals surface area contributed by atoms with Gasteiger partial charge in [0, 0.05) is 18.3 Å². The molecule has 1 aromatic heterocycles. The number of nitriles is 1. The largest absolute Gasteiger partial charge is 0.461 e. The molecule has 2 atom stereocenters. The van der Waals surface area contributed by atoms with Crippen LogP contribution >= 0.6 is 0 Å². The van der Waals surface area contributed by atoms with Gasteiger partial charge in [-0.25, -0.2) is 0 Å². The van der Waals surface area contributed by atoms with Gasteiger partial charge in [0.05, 0.1) is 18.4 Å². The van der Waals surface area contributed by atoms with Gasteiger partial charge in [0.25, 0.3) is 0 Å². The second kappa shape index (κ2) is 8.50. The van der Waals surface area contributed by atoms with Crippen molar-refractivity contribution < 1.29 is 9.53 Å². The van der Waals surface area contributed by atoms with Crippen LogP contribution < -0.4 is 0 Å². The van der Waals surface area contributed by atoms with Crippen LogP contribution in [-0.4, -0.2) is 17.6 Å². The van der Waals surface area contributed by atoms with Gasteiger partial charge in [-0.3, -0.25) is 9.78 Å². The summed E-state index contributed by atoms with van der Waals surface area (Å²) in [6.45, 7) is 3.70. The highest BCUT2D eigenvalue weighted by Crippen LogP contribution is 2.35. The van der Waals surface area contributed by atoms with E-state index in [1.54, 1.807) is 18.5 Å². The molecule has 0 aliphatic carbocycles. The number of carbonyl (C=O) groups excluding carboxylic acids is 1. The van der Waals surface area contributed by atoms with E-state index >= 15 is 0 Å². The number of pyridine rings is 1.